The van der Waals surface area contributed by atoms with Gasteiger partial charge in [-0.15, -0.1) is 0 Å². The molecule has 0 saturated heterocycles. The van der Waals surface area contributed by atoms with Gasteiger partial charge in [0.1, 0.15) is 5.82 Å². The van der Waals surface area contributed by atoms with Crippen molar-refractivity contribution in [3.8, 4) is 0 Å². The first-order valence-electron chi connectivity index (χ1n) is 9.86. The van der Waals surface area contributed by atoms with Gasteiger partial charge in [-0.25, -0.2) is 4.39 Å². The number of carbonyl (C=O) groups excluding carboxylic acids is 2. The van der Waals surface area contributed by atoms with Gasteiger partial charge in [0.05, 0.1) is 15.6 Å². The van der Waals surface area contributed by atoms with E-state index in [-0.39, 0.29) is 34.5 Å². The van der Waals surface area contributed by atoms with E-state index in [1.54, 1.807) is 12.1 Å². The second-order valence-electron chi connectivity index (χ2n) is 8.73. The summed E-state index contributed by atoms with van der Waals surface area (Å²) >= 11 is 6.34. The first-order valence-corrected chi connectivity index (χ1v) is 10.2. The molecule has 1 unspecified atom stereocenters. The number of hydrogen-bond donors (Lipinski definition) is 0. The molecular formula is C23H20ClFN2O4. The van der Waals surface area contributed by atoms with Crippen molar-refractivity contribution >= 4 is 34.7 Å². The van der Waals surface area contributed by atoms with Gasteiger partial charge in [0.2, 0.25) is 5.91 Å². The molecule has 1 atom stereocenters. The summed E-state index contributed by atoms with van der Waals surface area (Å²) in [6.45, 7) is 3.88. The van der Waals surface area contributed by atoms with Crippen molar-refractivity contribution in [2.24, 2.45) is 5.41 Å². The fourth-order valence-electron chi connectivity index (χ4n) is 4.46. The van der Waals surface area contributed by atoms with Crippen LogP contribution in [0.4, 0.5) is 15.8 Å². The number of non-ortho nitro benzene ring substituents is 1. The van der Waals surface area contributed by atoms with Gasteiger partial charge in [-0.2, -0.15) is 0 Å². The molecule has 0 saturated carbocycles. The minimum Gasteiger partial charge on any atom is -0.294 e. The predicted octanol–water partition coefficient (Wildman–Crippen LogP) is 5.55. The number of amides is 1. The Kier molecular flexibility index (Phi) is 5.17. The number of nitro groups is 1. The van der Waals surface area contributed by atoms with Crippen LogP contribution in [0.15, 0.2) is 53.7 Å². The molecule has 6 nitrogen and oxygen atoms in total. The minimum absolute atomic E-state index is 0.0182. The largest absolute Gasteiger partial charge is 0.294 e. The molecule has 2 aliphatic rings. The third kappa shape index (κ3) is 3.85. The van der Waals surface area contributed by atoms with E-state index in [1.165, 1.54) is 35.2 Å². The number of allylic oxidation sites excluding steroid dienone is 2. The van der Waals surface area contributed by atoms with E-state index in [9.17, 15) is 24.1 Å². The van der Waals surface area contributed by atoms with E-state index in [2.05, 4.69) is 0 Å². The van der Waals surface area contributed by atoms with Crippen molar-refractivity contribution in [1.29, 1.82) is 0 Å². The summed E-state index contributed by atoms with van der Waals surface area (Å²) in [4.78, 5) is 38.7. The number of benzene rings is 2. The fourth-order valence-corrected chi connectivity index (χ4v) is 4.66. The molecule has 1 aliphatic carbocycles. The summed E-state index contributed by atoms with van der Waals surface area (Å²) in [5.74, 6) is -1.30. The topological polar surface area (TPSA) is 80.5 Å². The van der Waals surface area contributed by atoms with Gasteiger partial charge >= 0.3 is 0 Å². The van der Waals surface area contributed by atoms with Gasteiger partial charge in [-0.05, 0) is 35.6 Å². The van der Waals surface area contributed by atoms with Gasteiger partial charge in [-0.1, -0.05) is 37.6 Å². The quantitative estimate of drug-likeness (QED) is 0.461. The van der Waals surface area contributed by atoms with Crippen molar-refractivity contribution in [3.63, 3.8) is 0 Å². The standard InChI is InChI=1S/C23H20ClFN2O4/c1-23(2)11-19-22(20(28)12-23)16(13-3-5-14(25)6-4-13)10-21(29)26(19)18-9-15(27(30)31)7-8-17(18)24/h3-9,16H,10-12H2,1-2H3. The highest BCUT2D eigenvalue weighted by Crippen LogP contribution is 2.49. The highest BCUT2D eigenvalue weighted by atomic mass is 35.5. The molecule has 2 aromatic rings. The molecule has 31 heavy (non-hydrogen) atoms. The highest BCUT2D eigenvalue weighted by molar-refractivity contribution is 6.34. The summed E-state index contributed by atoms with van der Waals surface area (Å²) in [5.41, 5.74) is 1.28. The zero-order valence-corrected chi connectivity index (χ0v) is 17.8. The summed E-state index contributed by atoms with van der Waals surface area (Å²) in [6.07, 6.45) is 0.723. The molecule has 1 amide bonds. The number of anilines is 1. The molecule has 0 bridgehead atoms. The maximum Gasteiger partial charge on any atom is 0.271 e. The fraction of sp³-hybridized carbons (Fsp3) is 0.304. The zero-order chi connectivity index (χ0) is 22.5. The van der Waals surface area contributed by atoms with Gasteiger partial charge in [-0.3, -0.25) is 24.6 Å². The molecule has 1 heterocycles. The van der Waals surface area contributed by atoms with Crippen LogP contribution in [0, 0.1) is 21.3 Å². The lowest BCUT2D eigenvalue weighted by Gasteiger charge is -2.43. The molecule has 0 aromatic heterocycles. The van der Waals surface area contributed by atoms with Crippen LogP contribution < -0.4 is 4.90 Å². The lowest BCUT2D eigenvalue weighted by molar-refractivity contribution is -0.384. The molecule has 160 valence electrons. The highest BCUT2D eigenvalue weighted by Gasteiger charge is 2.44. The first kappa shape index (κ1) is 21.2. The molecular weight excluding hydrogens is 423 g/mol. The van der Waals surface area contributed by atoms with Crippen LogP contribution in [-0.2, 0) is 9.59 Å². The Morgan fingerprint density at radius 3 is 2.45 bits per heavy atom. The van der Waals surface area contributed by atoms with Crippen molar-refractivity contribution in [2.75, 3.05) is 4.90 Å². The Balaban J connectivity index is 1.93. The lowest BCUT2D eigenvalue weighted by atomic mass is 9.69. The second kappa shape index (κ2) is 7.57. The van der Waals surface area contributed by atoms with Gasteiger partial charge in [0.25, 0.3) is 5.69 Å². The van der Waals surface area contributed by atoms with E-state index >= 15 is 0 Å². The van der Waals surface area contributed by atoms with Gasteiger partial charge in [0, 0.05) is 42.2 Å². The molecule has 4 rings (SSSR count). The second-order valence-corrected chi connectivity index (χ2v) is 9.14. The van der Waals surface area contributed by atoms with E-state index in [0.717, 1.165) is 0 Å². The number of Topliss-reactive ketones (excluding diaryl/α,β-unsaturated/α-hetero) is 1. The summed E-state index contributed by atoms with van der Waals surface area (Å²) in [7, 11) is 0. The molecule has 0 radical (unpaired) electrons. The number of nitro benzene ring substituents is 1. The van der Waals surface area contributed by atoms with Crippen LogP contribution in [0.1, 0.15) is 44.6 Å². The smallest absolute Gasteiger partial charge is 0.271 e. The van der Waals surface area contributed by atoms with Crippen molar-refractivity contribution < 1.29 is 18.9 Å². The summed E-state index contributed by atoms with van der Waals surface area (Å²) in [5, 5.41) is 11.5. The number of ketones is 1. The Morgan fingerprint density at radius 2 is 1.81 bits per heavy atom. The van der Waals surface area contributed by atoms with Crippen molar-refractivity contribution in [1.82, 2.24) is 0 Å². The van der Waals surface area contributed by atoms with E-state index in [0.29, 0.717) is 29.7 Å². The van der Waals surface area contributed by atoms with E-state index in [1.807, 2.05) is 13.8 Å². The molecule has 0 fully saturated rings. The maximum absolute atomic E-state index is 13.4. The van der Waals surface area contributed by atoms with Crippen LogP contribution in [0.3, 0.4) is 0 Å². The summed E-state index contributed by atoms with van der Waals surface area (Å²) in [6, 6.07) is 9.69. The third-order valence-corrected chi connectivity index (χ3v) is 6.12. The maximum atomic E-state index is 13.4. The van der Waals surface area contributed by atoms with Gasteiger partial charge in [0.15, 0.2) is 5.78 Å². The normalized spacial score (nSPS) is 20.6. The molecule has 8 heteroatoms. The molecule has 1 aliphatic heterocycles. The number of rotatable bonds is 3. The van der Waals surface area contributed by atoms with E-state index in [4.69, 9.17) is 11.6 Å². The number of hydrogen-bond acceptors (Lipinski definition) is 4. The molecule has 2 aromatic carbocycles. The van der Waals surface area contributed by atoms with Crippen LogP contribution in [0.25, 0.3) is 0 Å². The lowest BCUT2D eigenvalue weighted by Crippen LogP contribution is -2.43. The molecule has 0 N–H and O–H groups in total. The summed E-state index contributed by atoms with van der Waals surface area (Å²) < 4.78 is 13.4. The zero-order valence-electron chi connectivity index (χ0n) is 17.0. The van der Waals surface area contributed by atoms with Crippen molar-refractivity contribution in [2.45, 2.75) is 39.0 Å². The van der Waals surface area contributed by atoms with Crippen molar-refractivity contribution in [3.05, 3.63) is 80.3 Å². The Morgan fingerprint density at radius 1 is 1.13 bits per heavy atom. The average molecular weight is 443 g/mol. The number of halogens is 2. The van der Waals surface area contributed by atoms with Crippen LogP contribution in [0.5, 0.6) is 0 Å². The Labute approximate surface area is 183 Å². The monoisotopic (exact) mass is 442 g/mol. The number of nitrogens with zero attached hydrogens (tertiary/aromatic N) is 2. The first-order chi connectivity index (χ1) is 14.6. The minimum atomic E-state index is -0.555. The molecule has 0 spiro atoms. The van der Waals surface area contributed by atoms with Crippen LogP contribution in [0.2, 0.25) is 5.02 Å². The third-order valence-electron chi connectivity index (χ3n) is 5.80. The SMILES string of the molecule is CC1(C)CC(=O)C2=C(C1)N(c1cc([N+](=O)[O-])ccc1Cl)C(=O)CC2c1ccc(F)cc1. The van der Waals surface area contributed by atoms with Crippen LogP contribution >= 0.6 is 11.6 Å². The van der Waals surface area contributed by atoms with Crippen LogP contribution in [-0.4, -0.2) is 16.6 Å². The predicted molar refractivity (Wildman–Crippen MR) is 114 cm³/mol. The Hall–Kier alpha value is -3.06. The van der Waals surface area contributed by atoms with E-state index < -0.39 is 22.1 Å². The Bertz CT molecular complexity index is 1140. The average Bonchev–Trinajstić information content (AvgIpc) is 2.67. The number of carbonyl (C=O) groups is 2. The van der Waals surface area contributed by atoms with Gasteiger partial charge < -0.3 is 0 Å².